The Kier molecular flexibility index (Phi) is 5.26. The van der Waals surface area contributed by atoms with Gasteiger partial charge in [-0.05, 0) is 49.2 Å². The Morgan fingerprint density at radius 2 is 2.15 bits per heavy atom. The highest BCUT2D eigenvalue weighted by atomic mass is 79.9. The summed E-state index contributed by atoms with van der Waals surface area (Å²) in [5, 5.41) is 3.48. The van der Waals surface area contributed by atoms with Crippen molar-refractivity contribution < 1.29 is 4.39 Å². The van der Waals surface area contributed by atoms with E-state index in [1.807, 2.05) is 19.1 Å². The fraction of sp³-hybridized carbons (Fsp3) is 0.312. The molecule has 1 aromatic carbocycles. The van der Waals surface area contributed by atoms with Crippen molar-refractivity contribution in [3.05, 3.63) is 63.6 Å². The van der Waals surface area contributed by atoms with E-state index < -0.39 is 0 Å². The van der Waals surface area contributed by atoms with Crippen molar-refractivity contribution >= 4 is 15.9 Å². The summed E-state index contributed by atoms with van der Waals surface area (Å²) in [7, 11) is 0. The monoisotopic (exact) mass is 336 g/mol. The third-order valence-corrected chi connectivity index (χ3v) is 4.05. The molecule has 0 spiro atoms. The first kappa shape index (κ1) is 15.1. The normalized spacial score (nSPS) is 12.4. The zero-order chi connectivity index (χ0) is 14.5. The van der Waals surface area contributed by atoms with Crippen LogP contribution in [0.4, 0.5) is 4.39 Å². The highest BCUT2D eigenvalue weighted by Crippen LogP contribution is 2.25. The number of halogens is 2. The van der Waals surface area contributed by atoms with Crippen LogP contribution in [0.2, 0.25) is 0 Å². The maximum Gasteiger partial charge on any atom is 0.124 e. The Morgan fingerprint density at radius 1 is 1.35 bits per heavy atom. The summed E-state index contributed by atoms with van der Waals surface area (Å²) in [4.78, 5) is 4.35. The average molecular weight is 337 g/mol. The summed E-state index contributed by atoms with van der Waals surface area (Å²) < 4.78 is 14.0. The molecule has 2 nitrogen and oxygen atoms in total. The molecule has 1 aromatic heterocycles. The molecule has 0 bridgehead atoms. The van der Waals surface area contributed by atoms with Crippen LogP contribution in [0.5, 0.6) is 0 Å². The molecular formula is C16H18BrFN2. The zero-order valence-electron chi connectivity index (χ0n) is 11.7. The molecule has 20 heavy (non-hydrogen) atoms. The first-order chi connectivity index (χ1) is 9.61. The van der Waals surface area contributed by atoms with Gasteiger partial charge in [0.2, 0.25) is 0 Å². The zero-order valence-corrected chi connectivity index (χ0v) is 13.2. The molecule has 4 heteroatoms. The Morgan fingerprint density at radius 3 is 2.80 bits per heavy atom. The second kappa shape index (κ2) is 6.95. The average Bonchev–Trinajstić information content (AvgIpc) is 2.42. The fourth-order valence-corrected chi connectivity index (χ4v) is 2.82. The van der Waals surface area contributed by atoms with E-state index in [9.17, 15) is 4.39 Å². The molecule has 0 aliphatic carbocycles. The first-order valence-corrected chi connectivity index (χ1v) is 7.50. The lowest BCUT2D eigenvalue weighted by Gasteiger charge is -2.20. The summed E-state index contributed by atoms with van der Waals surface area (Å²) in [5.41, 5.74) is 3.29. The van der Waals surface area contributed by atoms with E-state index in [0.717, 1.165) is 28.7 Å². The summed E-state index contributed by atoms with van der Waals surface area (Å²) in [5.74, 6) is -0.224. The number of pyridine rings is 1. The van der Waals surface area contributed by atoms with Gasteiger partial charge in [0.15, 0.2) is 0 Å². The molecule has 1 atom stereocenters. The Hall–Kier alpha value is -1.26. The minimum absolute atomic E-state index is 0.176. The van der Waals surface area contributed by atoms with Crippen LogP contribution in [0, 0.1) is 12.7 Å². The van der Waals surface area contributed by atoms with Crippen LogP contribution in [0.25, 0.3) is 0 Å². The van der Waals surface area contributed by atoms with E-state index in [2.05, 4.69) is 39.2 Å². The van der Waals surface area contributed by atoms with Crippen LogP contribution < -0.4 is 5.32 Å². The number of benzene rings is 1. The Bertz CT molecular complexity index is 586. The summed E-state index contributed by atoms with van der Waals surface area (Å²) in [6.07, 6.45) is 2.59. The highest BCUT2D eigenvalue weighted by Gasteiger charge is 2.15. The van der Waals surface area contributed by atoms with E-state index in [1.54, 1.807) is 6.20 Å². The predicted molar refractivity (Wildman–Crippen MR) is 83.2 cm³/mol. The lowest BCUT2D eigenvalue weighted by molar-refractivity contribution is 0.543. The van der Waals surface area contributed by atoms with Crippen molar-refractivity contribution in [1.29, 1.82) is 0 Å². The number of likely N-dealkylation sites (N-methyl/N-ethyl adjacent to an activating group) is 1. The predicted octanol–water partition coefficient (Wildman–Crippen LogP) is 4.18. The fourth-order valence-electron chi connectivity index (χ4n) is 2.31. The third kappa shape index (κ3) is 3.64. The number of aryl methyl sites for hydroxylation is 1. The molecule has 0 fully saturated rings. The van der Waals surface area contributed by atoms with E-state index in [-0.39, 0.29) is 11.9 Å². The molecule has 1 heterocycles. The lowest BCUT2D eigenvalue weighted by Crippen LogP contribution is -2.24. The topological polar surface area (TPSA) is 24.9 Å². The van der Waals surface area contributed by atoms with Crippen LogP contribution in [-0.2, 0) is 6.42 Å². The van der Waals surface area contributed by atoms with Gasteiger partial charge in [0, 0.05) is 22.4 Å². The van der Waals surface area contributed by atoms with E-state index in [0.29, 0.717) is 0 Å². The number of aromatic nitrogens is 1. The minimum atomic E-state index is -0.224. The molecule has 0 aliphatic heterocycles. The van der Waals surface area contributed by atoms with Gasteiger partial charge < -0.3 is 5.32 Å². The van der Waals surface area contributed by atoms with Crippen LogP contribution in [-0.4, -0.2) is 11.5 Å². The molecule has 0 amide bonds. The molecule has 1 unspecified atom stereocenters. The molecule has 2 rings (SSSR count). The lowest BCUT2D eigenvalue weighted by atomic mass is 9.98. The van der Waals surface area contributed by atoms with Crippen molar-refractivity contribution in [2.45, 2.75) is 26.3 Å². The number of hydrogen-bond acceptors (Lipinski definition) is 2. The molecule has 106 valence electrons. The largest absolute Gasteiger partial charge is 0.310 e. The van der Waals surface area contributed by atoms with Gasteiger partial charge in [-0.15, -0.1) is 0 Å². The maximum absolute atomic E-state index is 13.2. The van der Waals surface area contributed by atoms with Crippen LogP contribution in [0.1, 0.15) is 29.8 Å². The van der Waals surface area contributed by atoms with Crippen LogP contribution in [0.15, 0.2) is 41.0 Å². The molecule has 2 aromatic rings. The third-order valence-electron chi connectivity index (χ3n) is 3.31. The Balaban J connectivity index is 2.28. The van der Waals surface area contributed by atoms with Crippen molar-refractivity contribution in [2.75, 3.05) is 6.54 Å². The standard InChI is InChI=1S/C16H18BrFN2/c1-3-19-16(14-5-4-8-20-11(14)2)9-12-6-7-13(18)10-15(12)17/h4-8,10,16,19H,3,9H2,1-2H3. The van der Waals surface area contributed by atoms with Crippen molar-refractivity contribution in [1.82, 2.24) is 10.3 Å². The number of hydrogen-bond donors (Lipinski definition) is 1. The highest BCUT2D eigenvalue weighted by molar-refractivity contribution is 9.10. The maximum atomic E-state index is 13.2. The van der Waals surface area contributed by atoms with Gasteiger partial charge in [0.05, 0.1) is 0 Å². The van der Waals surface area contributed by atoms with Gasteiger partial charge in [0.1, 0.15) is 5.82 Å². The molecule has 0 saturated carbocycles. The number of nitrogens with zero attached hydrogens (tertiary/aromatic N) is 1. The summed E-state index contributed by atoms with van der Waals surface area (Å²) >= 11 is 3.43. The summed E-state index contributed by atoms with van der Waals surface area (Å²) in [6.45, 7) is 4.97. The molecule has 0 radical (unpaired) electrons. The van der Waals surface area contributed by atoms with Gasteiger partial charge in [0.25, 0.3) is 0 Å². The van der Waals surface area contributed by atoms with Gasteiger partial charge >= 0.3 is 0 Å². The second-order valence-corrected chi connectivity index (χ2v) is 5.58. The minimum Gasteiger partial charge on any atom is -0.310 e. The van der Waals surface area contributed by atoms with Gasteiger partial charge in [-0.3, -0.25) is 4.98 Å². The van der Waals surface area contributed by atoms with Gasteiger partial charge in [-0.1, -0.05) is 35.0 Å². The smallest absolute Gasteiger partial charge is 0.124 e. The van der Waals surface area contributed by atoms with Crippen molar-refractivity contribution in [3.63, 3.8) is 0 Å². The molecule has 0 aliphatic rings. The van der Waals surface area contributed by atoms with Crippen molar-refractivity contribution in [2.24, 2.45) is 0 Å². The molecule has 1 N–H and O–H groups in total. The van der Waals surface area contributed by atoms with Crippen LogP contribution in [0.3, 0.4) is 0 Å². The van der Waals surface area contributed by atoms with Crippen molar-refractivity contribution in [3.8, 4) is 0 Å². The summed E-state index contributed by atoms with van der Waals surface area (Å²) in [6, 6.07) is 9.05. The number of nitrogens with one attached hydrogen (secondary N) is 1. The van der Waals surface area contributed by atoms with Gasteiger partial charge in [-0.25, -0.2) is 4.39 Å². The van der Waals surface area contributed by atoms with E-state index in [1.165, 1.54) is 17.7 Å². The second-order valence-electron chi connectivity index (χ2n) is 4.73. The SMILES string of the molecule is CCNC(Cc1ccc(F)cc1Br)c1cccnc1C. The van der Waals surface area contributed by atoms with E-state index >= 15 is 0 Å². The van der Waals surface area contributed by atoms with E-state index in [4.69, 9.17) is 0 Å². The molecule has 0 saturated heterocycles. The van der Waals surface area contributed by atoms with Crippen LogP contribution >= 0.6 is 15.9 Å². The Labute approximate surface area is 127 Å². The number of rotatable bonds is 5. The first-order valence-electron chi connectivity index (χ1n) is 6.70. The quantitative estimate of drug-likeness (QED) is 0.885. The molecular weight excluding hydrogens is 319 g/mol. The van der Waals surface area contributed by atoms with Gasteiger partial charge in [-0.2, -0.15) is 0 Å².